The molecule has 1 aliphatic heterocycles. The number of rotatable bonds is 5. The van der Waals surface area contributed by atoms with Gasteiger partial charge in [0.1, 0.15) is 17.1 Å². The highest BCUT2D eigenvalue weighted by Crippen LogP contribution is 2.26. The predicted molar refractivity (Wildman–Crippen MR) is 101 cm³/mol. The van der Waals surface area contributed by atoms with Gasteiger partial charge in [-0.1, -0.05) is 56.3 Å². The summed E-state index contributed by atoms with van der Waals surface area (Å²) in [7, 11) is 1.42. The maximum absolute atomic E-state index is 12.3. The quantitative estimate of drug-likeness (QED) is 0.569. The van der Waals surface area contributed by atoms with Gasteiger partial charge < -0.3 is 15.7 Å². The SMILES string of the molecule is CC.CN1C(=O)C(NCc2ccccc2)=C(Nc2ccccc2O)C1=O. The number of likely N-dealkylation sites (N-methyl/N-ethyl adjacent to an activating group) is 1. The molecule has 0 aliphatic carbocycles. The highest BCUT2D eigenvalue weighted by atomic mass is 16.3. The molecule has 0 saturated heterocycles. The summed E-state index contributed by atoms with van der Waals surface area (Å²) in [5, 5.41) is 15.8. The first kappa shape index (κ1) is 19.1. The lowest BCUT2D eigenvalue weighted by Gasteiger charge is -2.10. The molecule has 0 aromatic heterocycles. The number of aromatic hydroxyl groups is 1. The van der Waals surface area contributed by atoms with Gasteiger partial charge in [0.25, 0.3) is 11.8 Å². The summed E-state index contributed by atoms with van der Waals surface area (Å²) in [5.74, 6) is -0.852. The van der Waals surface area contributed by atoms with Gasteiger partial charge in [-0.15, -0.1) is 0 Å². The second-order valence-electron chi connectivity index (χ2n) is 5.40. The molecule has 2 aromatic carbocycles. The van der Waals surface area contributed by atoms with Gasteiger partial charge in [0.2, 0.25) is 0 Å². The number of nitrogens with one attached hydrogen (secondary N) is 2. The van der Waals surface area contributed by atoms with Gasteiger partial charge in [-0.25, -0.2) is 0 Å². The minimum Gasteiger partial charge on any atom is -0.506 e. The number of carbonyl (C=O) groups excluding carboxylic acids is 2. The Bertz CT molecular complexity index is 816. The van der Waals surface area contributed by atoms with Crippen molar-refractivity contribution in [3.63, 3.8) is 0 Å². The molecule has 6 heteroatoms. The Morgan fingerprint density at radius 2 is 1.46 bits per heavy atom. The summed E-state index contributed by atoms with van der Waals surface area (Å²) in [6.45, 7) is 4.41. The van der Waals surface area contributed by atoms with E-state index in [0.29, 0.717) is 12.2 Å². The van der Waals surface area contributed by atoms with E-state index in [0.717, 1.165) is 10.5 Å². The van der Waals surface area contributed by atoms with Crippen molar-refractivity contribution >= 4 is 17.5 Å². The maximum Gasteiger partial charge on any atom is 0.279 e. The first-order valence-corrected chi connectivity index (χ1v) is 8.47. The zero-order valence-corrected chi connectivity index (χ0v) is 15.1. The fourth-order valence-electron chi connectivity index (χ4n) is 2.42. The van der Waals surface area contributed by atoms with E-state index in [4.69, 9.17) is 0 Å². The molecule has 0 fully saturated rings. The Morgan fingerprint density at radius 1 is 0.885 bits per heavy atom. The van der Waals surface area contributed by atoms with Crippen LogP contribution < -0.4 is 10.6 Å². The van der Waals surface area contributed by atoms with E-state index in [1.54, 1.807) is 18.2 Å². The summed E-state index contributed by atoms with van der Waals surface area (Å²) in [5.41, 5.74) is 1.67. The van der Waals surface area contributed by atoms with E-state index in [2.05, 4.69) is 10.6 Å². The van der Waals surface area contributed by atoms with Crippen LogP contribution in [0.1, 0.15) is 19.4 Å². The molecular weight excluding hydrogens is 330 g/mol. The van der Waals surface area contributed by atoms with E-state index in [1.165, 1.54) is 13.1 Å². The normalized spacial score (nSPS) is 13.4. The Kier molecular flexibility index (Phi) is 6.38. The average molecular weight is 353 g/mol. The third-order valence-corrected chi connectivity index (χ3v) is 3.76. The van der Waals surface area contributed by atoms with Crippen LogP contribution >= 0.6 is 0 Å². The van der Waals surface area contributed by atoms with Crippen LogP contribution in [0, 0.1) is 0 Å². The standard InChI is InChI=1S/C18H17N3O3.C2H6/c1-21-17(23)15(19-11-12-7-3-2-4-8-12)16(18(21)24)20-13-9-5-6-10-14(13)22;1-2/h2-10,19-20,22H,11H2,1H3;1-2H3. The lowest BCUT2D eigenvalue weighted by Crippen LogP contribution is -2.29. The van der Waals surface area contributed by atoms with Crippen LogP contribution in [-0.4, -0.2) is 28.9 Å². The maximum atomic E-state index is 12.3. The number of hydrogen-bond acceptors (Lipinski definition) is 5. The largest absolute Gasteiger partial charge is 0.506 e. The third-order valence-electron chi connectivity index (χ3n) is 3.76. The van der Waals surface area contributed by atoms with Crippen LogP contribution in [0.5, 0.6) is 5.75 Å². The van der Waals surface area contributed by atoms with E-state index < -0.39 is 11.8 Å². The molecule has 2 aromatic rings. The Labute approximate surface area is 153 Å². The highest BCUT2D eigenvalue weighted by Gasteiger charge is 2.36. The van der Waals surface area contributed by atoms with E-state index >= 15 is 0 Å². The Morgan fingerprint density at radius 3 is 2.12 bits per heavy atom. The number of phenols is 1. The van der Waals surface area contributed by atoms with Gasteiger partial charge in [0, 0.05) is 13.6 Å². The fourth-order valence-corrected chi connectivity index (χ4v) is 2.42. The molecule has 6 nitrogen and oxygen atoms in total. The van der Waals surface area contributed by atoms with Crippen molar-refractivity contribution in [1.29, 1.82) is 0 Å². The van der Waals surface area contributed by atoms with Crippen molar-refractivity contribution < 1.29 is 14.7 Å². The summed E-state index contributed by atoms with van der Waals surface area (Å²) >= 11 is 0. The molecule has 1 heterocycles. The van der Waals surface area contributed by atoms with Crippen molar-refractivity contribution in [3.8, 4) is 5.75 Å². The molecular formula is C20H23N3O3. The minimum atomic E-state index is -0.446. The molecule has 1 aliphatic rings. The number of para-hydroxylation sites is 2. The van der Waals surface area contributed by atoms with Crippen molar-refractivity contribution in [2.45, 2.75) is 20.4 Å². The topological polar surface area (TPSA) is 81.7 Å². The molecule has 0 radical (unpaired) electrons. The summed E-state index contributed by atoms with van der Waals surface area (Å²) < 4.78 is 0. The van der Waals surface area contributed by atoms with Crippen molar-refractivity contribution in [2.75, 3.05) is 12.4 Å². The molecule has 3 rings (SSSR count). The van der Waals surface area contributed by atoms with Crippen LogP contribution in [0.2, 0.25) is 0 Å². The molecule has 0 unspecified atom stereocenters. The van der Waals surface area contributed by atoms with Crippen LogP contribution in [0.3, 0.4) is 0 Å². The summed E-state index contributed by atoms with van der Waals surface area (Å²) in [6, 6.07) is 16.1. The molecule has 0 spiro atoms. The van der Waals surface area contributed by atoms with Gasteiger partial charge in [-0.2, -0.15) is 0 Å². The van der Waals surface area contributed by atoms with Gasteiger partial charge >= 0.3 is 0 Å². The van der Waals surface area contributed by atoms with Crippen LogP contribution in [-0.2, 0) is 16.1 Å². The van der Waals surface area contributed by atoms with Crippen LogP contribution in [0.4, 0.5) is 5.69 Å². The number of anilines is 1. The van der Waals surface area contributed by atoms with E-state index in [1.807, 2.05) is 44.2 Å². The van der Waals surface area contributed by atoms with E-state index in [9.17, 15) is 14.7 Å². The molecule has 3 N–H and O–H groups in total. The second kappa shape index (κ2) is 8.71. The zero-order valence-electron chi connectivity index (χ0n) is 15.1. The monoisotopic (exact) mass is 353 g/mol. The lowest BCUT2D eigenvalue weighted by molar-refractivity contribution is -0.136. The van der Waals surface area contributed by atoms with Crippen molar-refractivity contribution in [2.24, 2.45) is 0 Å². The molecule has 26 heavy (non-hydrogen) atoms. The number of imide groups is 1. The predicted octanol–water partition coefficient (Wildman–Crippen LogP) is 2.83. The van der Waals surface area contributed by atoms with Gasteiger partial charge in [-0.3, -0.25) is 14.5 Å². The number of phenolic OH excluding ortho intramolecular Hbond substituents is 1. The smallest absolute Gasteiger partial charge is 0.279 e. The number of nitrogens with zero attached hydrogens (tertiary/aromatic N) is 1. The summed E-state index contributed by atoms with van der Waals surface area (Å²) in [6.07, 6.45) is 0. The molecule has 136 valence electrons. The minimum absolute atomic E-state index is 0.00205. The Hall–Kier alpha value is -3.28. The highest BCUT2D eigenvalue weighted by molar-refractivity contribution is 6.20. The van der Waals surface area contributed by atoms with Gasteiger partial charge in [0.05, 0.1) is 5.69 Å². The third kappa shape index (κ3) is 4.03. The molecule has 0 saturated carbocycles. The average Bonchev–Trinajstić information content (AvgIpc) is 2.88. The van der Waals surface area contributed by atoms with Crippen molar-refractivity contribution in [1.82, 2.24) is 10.2 Å². The first-order chi connectivity index (χ1) is 12.6. The van der Waals surface area contributed by atoms with Crippen LogP contribution in [0.15, 0.2) is 66.0 Å². The van der Waals surface area contributed by atoms with Crippen molar-refractivity contribution in [3.05, 3.63) is 71.6 Å². The lowest BCUT2D eigenvalue weighted by atomic mass is 10.2. The number of carbonyl (C=O) groups is 2. The number of benzene rings is 2. The summed E-state index contributed by atoms with van der Waals surface area (Å²) in [4.78, 5) is 25.7. The first-order valence-electron chi connectivity index (χ1n) is 8.47. The Balaban J connectivity index is 0.00000117. The number of hydrogen-bond donors (Lipinski definition) is 3. The molecule has 2 amide bonds. The van der Waals surface area contributed by atoms with Crippen LogP contribution in [0.25, 0.3) is 0 Å². The molecule has 0 atom stereocenters. The van der Waals surface area contributed by atoms with E-state index in [-0.39, 0.29) is 17.1 Å². The number of amides is 2. The molecule has 0 bridgehead atoms. The van der Waals surface area contributed by atoms with Gasteiger partial charge in [0.15, 0.2) is 0 Å². The zero-order chi connectivity index (χ0) is 19.1. The second-order valence-corrected chi connectivity index (χ2v) is 5.40. The van der Waals surface area contributed by atoms with Gasteiger partial charge in [-0.05, 0) is 17.7 Å². The fraction of sp³-hybridized carbons (Fsp3) is 0.200.